The van der Waals surface area contributed by atoms with Gasteiger partial charge in [0.1, 0.15) is 24.2 Å². The van der Waals surface area contributed by atoms with E-state index in [2.05, 4.69) is 10.3 Å². The van der Waals surface area contributed by atoms with E-state index in [1.54, 1.807) is 24.3 Å². The number of hydrogen-bond donors (Lipinski definition) is 2. The van der Waals surface area contributed by atoms with Gasteiger partial charge in [0.05, 0.1) is 17.8 Å². The maximum atomic E-state index is 14.9. The van der Waals surface area contributed by atoms with Gasteiger partial charge in [-0.05, 0) is 41.5 Å². The lowest BCUT2D eigenvalue weighted by molar-refractivity contribution is -0.136. The summed E-state index contributed by atoms with van der Waals surface area (Å²) in [7, 11) is 0. The first-order valence-corrected chi connectivity index (χ1v) is 11.4. The van der Waals surface area contributed by atoms with E-state index in [-0.39, 0.29) is 40.7 Å². The number of benzodiazepines with no additional fused rings is 1. The largest absolute Gasteiger partial charge is 0.480 e. The average Bonchev–Trinajstić information content (AvgIpc) is 3.04. The second kappa shape index (κ2) is 9.16. The van der Waals surface area contributed by atoms with Crippen LogP contribution in [0.15, 0.2) is 59.6 Å². The molecule has 1 atom stereocenters. The molecule has 0 bridgehead atoms. The summed E-state index contributed by atoms with van der Waals surface area (Å²) in [4.78, 5) is 42.6. The molecule has 3 aromatic carbocycles. The molecule has 0 saturated heterocycles. The van der Waals surface area contributed by atoms with Crippen molar-refractivity contribution in [1.29, 1.82) is 0 Å². The van der Waals surface area contributed by atoms with E-state index < -0.39 is 36.1 Å². The molecule has 0 aliphatic carbocycles. The van der Waals surface area contributed by atoms with Crippen LogP contribution in [-0.2, 0) is 27.2 Å². The standard InChI is InChI=1S/C26H18ClF2N3O4/c27-16-10-18-24(15-5-4-14-9-22(33)32(12-23(34)35)21(14)8-15)30-20(7-13-2-1-3-17(28)6-13)26(36)31-25(18)19(29)11-16/h1-6,8,10-11,20H,7,9,12H2,(H,31,36)(H,34,35). The Morgan fingerprint density at radius 3 is 2.69 bits per heavy atom. The number of carbonyl (C=O) groups excluding carboxylic acids is 2. The second-order valence-electron chi connectivity index (χ2n) is 8.52. The van der Waals surface area contributed by atoms with Crippen molar-refractivity contribution >= 4 is 46.5 Å². The van der Waals surface area contributed by atoms with Gasteiger partial charge in [-0.1, -0.05) is 35.9 Å². The number of aliphatic imine (C=N–C) groups is 1. The third-order valence-electron chi connectivity index (χ3n) is 6.05. The van der Waals surface area contributed by atoms with Gasteiger partial charge in [-0.2, -0.15) is 0 Å². The van der Waals surface area contributed by atoms with Gasteiger partial charge in [-0.15, -0.1) is 0 Å². The third-order valence-corrected chi connectivity index (χ3v) is 6.27. The number of amides is 2. The molecule has 2 N–H and O–H groups in total. The Balaban J connectivity index is 1.65. The second-order valence-corrected chi connectivity index (χ2v) is 8.96. The first-order valence-electron chi connectivity index (χ1n) is 11.0. The lowest BCUT2D eigenvalue weighted by atomic mass is 9.98. The Kier molecular flexibility index (Phi) is 6.01. The van der Waals surface area contributed by atoms with Gasteiger partial charge in [-0.25, -0.2) is 8.78 Å². The number of aliphatic carboxylic acids is 1. The summed E-state index contributed by atoms with van der Waals surface area (Å²) in [5.74, 6) is -3.33. The zero-order chi connectivity index (χ0) is 25.6. The molecule has 2 heterocycles. The SMILES string of the molecule is O=C(O)CN1C(=O)Cc2ccc(C3=NC(Cc4cccc(F)c4)C(=O)Nc4c(F)cc(Cl)cc43)cc21. The number of nitrogens with zero attached hydrogens (tertiary/aromatic N) is 2. The van der Waals surface area contributed by atoms with Crippen LogP contribution in [0.1, 0.15) is 22.3 Å². The minimum absolute atomic E-state index is 0.0466. The Morgan fingerprint density at radius 1 is 1.14 bits per heavy atom. The number of halogens is 3. The molecular weight excluding hydrogens is 492 g/mol. The summed E-state index contributed by atoms with van der Waals surface area (Å²) >= 11 is 6.13. The Labute approximate surface area is 209 Å². The number of rotatable bonds is 5. The van der Waals surface area contributed by atoms with Crippen molar-refractivity contribution in [2.75, 3.05) is 16.8 Å². The zero-order valence-electron chi connectivity index (χ0n) is 18.6. The molecule has 0 fully saturated rings. The number of hydrogen-bond acceptors (Lipinski definition) is 4. The highest BCUT2D eigenvalue weighted by Crippen LogP contribution is 2.34. The van der Waals surface area contributed by atoms with Crippen LogP contribution in [0.25, 0.3) is 0 Å². The van der Waals surface area contributed by atoms with Gasteiger partial charge in [-0.3, -0.25) is 19.4 Å². The first-order chi connectivity index (χ1) is 17.2. The van der Waals surface area contributed by atoms with Crippen molar-refractivity contribution in [2.45, 2.75) is 18.9 Å². The molecule has 1 unspecified atom stereocenters. The fraction of sp³-hybridized carbons (Fsp3) is 0.154. The van der Waals surface area contributed by atoms with Gasteiger partial charge >= 0.3 is 5.97 Å². The molecule has 36 heavy (non-hydrogen) atoms. The number of carboxylic acid groups (broad SMARTS) is 1. The number of nitrogens with one attached hydrogen (secondary N) is 1. The van der Waals surface area contributed by atoms with Crippen LogP contribution in [0.4, 0.5) is 20.2 Å². The van der Waals surface area contributed by atoms with E-state index in [0.29, 0.717) is 22.4 Å². The number of anilines is 2. The van der Waals surface area contributed by atoms with Crippen LogP contribution in [0.2, 0.25) is 5.02 Å². The number of fused-ring (bicyclic) bond motifs is 2. The molecule has 5 rings (SSSR count). The molecule has 0 radical (unpaired) electrons. The number of carboxylic acids is 1. The van der Waals surface area contributed by atoms with Crippen molar-refractivity contribution < 1.29 is 28.3 Å². The monoisotopic (exact) mass is 509 g/mol. The van der Waals surface area contributed by atoms with Crippen LogP contribution in [0.3, 0.4) is 0 Å². The molecule has 2 aliphatic heterocycles. The molecule has 0 spiro atoms. The van der Waals surface area contributed by atoms with Gasteiger partial charge in [0.15, 0.2) is 0 Å². The average molecular weight is 510 g/mol. The maximum absolute atomic E-state index is 14.9. The lowest BCUT2D eigenvalue weighted by Crippen LogP contribution is -2.32. The molecule has 3 aromatic rings. The highest BCUT2D eigenvalue weighted by molar-refractivity contribution is 6.32. The summed E-state index contributed by atoms with van der Waals surface area (Å²) in [6, 6.07) is 12.2. The summed E-state index contributed by atoms with van der Waals surface area (Å²) in [6.45, 7) is -0.513. The van der Waals surface area contributed by atoms with E-state index in [0.717, 1.165) is 11.0 Å². The minimum atomic E-state index is -1.17. The van der Waals surface area contributed by atoms with E-state index in [1.165, 1.54) is 24.3 Å². The van der Waals surface area contributed by atoms with Crippen molar-refractivity contribution in [2.24, 2.45) is 4.99 Å². The first kappa shape index (κ1) is 23.6. The maximum Gasteiger partial charge on any atom is 0.323 e. The minimum Gasteiger partial charge on any atom is -0.480 e. The highest BCUT2D eigenvalue weighted by atomic mass is 35.5. The molecule has 7 nitrogen and oxygen atoms in total. The van der Waals surface area contributed by atoms with Crippen LogP contribution >= 0.6 is 11.6 Å². The van der Waals surface area contributed by atoms with Gasteiger partial charge < -0.3 is 15.3 Å². The van der Waals surface area contributed by atoms with Crippen LogP contribution in [-0.4, -0.2) is 41.2 Å². The van der Waals surface area contributed by atoms with Gasteiger partial charge in [0, 0.05) is 28.3 Å². The predicted octanol–water partition coefficient (Wildman–Crippen LogP) is 3.99. The van der Waals surface area contributed by atoms with Gasteiger partial charge in [0.25, 0.3) is 0 Å². The number of carbonyl (C=O) groups is 3. The van der Waals surface area contributed by atoms with Crippen molar-refractivity contribution in [3.63, 3.8) is 0 Å². The fourth-order valence-electron chi connectivity index (χ4n) is 4.45. The van der Waals surface area contributed by atoms with E-state index in [4.69, 9.17) is 11.6 Å². The summed E-state index contributed by atoms with van der Waals surface area (Å²) in [5.41, 5.74) is 2.34. The summed E-state index contributed by atoms with van der Waals surface area (Å²) in [6.07, 6.45) is 0.0969. The quantitative estimate of drug-likeness (QED) is 0.543. The molecule has 2 aliphatic rings. The lowest BCUT2D eigenvalue weighted by Gasteiger charge is -2.17. The molecule has 0 saturated carbocycles. The number of benzene rings is 3. The topological polar surface area (TPSA) is 99.1 Å². The summed E-state index contributed by atoms with van der Waals surface area (Å²) < 4.78 is 28.7. The molecular formula is C26H18ClF2N3O4. The fourth-order valence-corrected chi connectivity index (χ4v) is 4.65. The smallest absolute Gasteiger partial charge is 0.323 e. The molecule has 2 amide bonds. The van der Waals surface area contributed by atoms with Crippen LogP contribution in [0, 0.1) is 11.6 Å². The third kappa shape index (κ3) is 4.45. The Bertz CT molecular complexity index is 1470. The van der Waals surface area contributed by atoms with E-state index in [9.17, 15) is 28.3 Å². The Hall–Kier alpha value is -4.11. The van der Waals surface area contributed by atoms with Gasteiger partial charge in [0.2, 0.25) is 11.8 Å². The zero-order valence-corrected chi connectivity index (χ0v) is 19.4. The molecule has 182 valence electrons. The summed E-state index contributed by atoms with van der Waals surface area (Å²) in [5, 5.41) is 11.9. The highest BCUT2D eigenvalue weighted by Gasteiger charge is 2.32. The molecule has 0 aromatic heterocycles. The van der Waals surface area contributed by atoms with Crippen molar-refractivity contribution in [3.8, 4) is 0 Å². The van der Waals surface area contributed by atoms with Crippen molar-refractivity contribution in [1.82, 2.24) is 0 Å². The van der Waals surface area contributed by atoms with E-state index >= 15 is 0 Å². The molecule has 10 heteroatoms. The van der Waals surface area contributed by atoms with Crippen LogP contribution < -0.4 is 10.2 Å². The van der Waals surface area contributed by atoms with E-state index in [1.807, 2.05) is 0 Å². The Morgan fingerprint density at radius 2 is 1.94 bits per heavy atom. The predicted molar refractivity (Wildman–Crippen MR) is 130 cm³/mol. The van der Waals surface area contributed by atoms with Crippen molar-refractivity contribution in [3.05, 3.63) is 93.5 Å². The normalized spacial score (nSPS) is 16.7. The van der Waals surface area contributed by atoms with Crippen LogP contribution in [0.5, 0.6) is 0 Å².